The first-order chi connectivity index (χ1) is 11.5. The van der Waals surface area contributed by atoms with E-state index in [0.29, 0.717) is 18.7 Å². The number of rotatable bonds is 3. The maximum atomic E-state index is 12.4. The predicted octanol–water partition coefficient (Wildman–Crippen LogP) is -0.166. The van der Waals surface area contributed by atoms with Crippen molar-refractivity contribution in [1.82, 2.24) is 20.5 Å². The van der Waals surface area contributed by atoms with Crippen molar-refractivity contribution < 1.29 is 14.7 Å². The van der Waals surface area contributed by atoms with Gasteiger partial charge in [0.25, 0.3) is 5.91 Å². The highest BCUT2D eigenvalue weighted by molar-refractivity contribution is 5.94. The van der Waals surface area contributed by atoms with Crippen molar-refractivity contribution >= 4 is 11.8 Å². The molecule has 130 valence electrons. The van der Waals surface area contributed by atoms with Gasteiger partial charge in [-0.25, -0.2) is 0 Å². The molecule has 1 aliphatic carbocycles. The molecule has 7 heteroatoms. The number of pyridine rings is 1. The average Bonchev–Trinajstić information content (AvgIpc) is 2.57. The summed E-state index contributed by atoms with van der Waals surface area (Å²) >= 11 is 0. The maximum absolute atomic E-state index is 12.4. The second kappa shape index (κ2) is 7.27. The number of amides is 2. The molecule has 1 aromatic rings. The topological polar surface area (TPSA) is 94.6 Å². The standard InChI is InChI=1S/C17H24N4O3/c1-11-5-6-12(9-19-11)17(24)20-13-3-2-4-14(16(13)23)21-8-7-18-15(22)10-21/h5-6,9,13-14,16,23H,2-4,7-8,10H2,1H3,(H,18,22)(H,20,24)/t13-,14-,16-/m1/s1. The van der Waals surface area contributed by atoms with Crippen molar-refractivity contribution in [3.05, 3.63) is 29.6 Å². The zero-order valence-electron chi connectivity index (χ0n) is 13.9. The molecular formula is C17H24N4O3. The van der Waals surface area contributed by atoms with Gasteiger partial charge in [0.05, 0.1) is 24.3 Å². The van der Waals surface area contributed by atoms with Crippen LogP contribution in [0.25, 0.3) is 0 Å². The van der Waals surface area contributed by atoms with Gasteiger partial charge < -0.3 is 15.7 Å². The molecule has 3 atom stereocenters. The van der Waals surface area contributed by atoms with Gasteiger partial charge in [0.15, 0.2) is 0 Å². The molecule has 1 aromatic heterocycles. The summed E-state index contributed by atoms with van der Waals surface area (Å²) in [5, 5.41) is 16.4. The molecular weight excluding hydrogens is 308 g/mol. The lowest BCUT2D eigenvalue weighted by atomic mass is 9.86. The fourth-order valence-corrected chi connectivity index (χ4v) is 3.51. The molecule has 1 saturated heterocycles. The molecule has 2 heterocycles. The summed E-state index contributed by atoms with van der Waals surface area (Å²) < 4.78 is 0. The summed E-state index contributed by atoms with van der Waals surface area (Å²) in [6.45, 7) is 3.51. The van der Waals surface area contributed by atoms with Gasteiger partial charge in [0, 0.05) is 31.0 Å². The number of aromatic nitrogens is 1. The normalized spacial score (nSPS) is 28.2. The summed E-state index contributed by atoms with van der Waals surface area (Å²) in [6, 6.07) is 3.13. The van der Waals surface area contributed by atoms with E-state index in [0.717, 1.165) is 31.5 Å². The van der Waals surface area contributed by atoms with E-state index >= 15 is 0 Å². The first kappa shape index (κ1) is 16.9. The van der Waals surface area contributed by atoms with Gasteiger partial charge in [0.1, 0.15) is 0 Å². The van der Waals surface area contributed by atoms with Crippen LogP contribution in [-0.4, -0.2) is 64.6 Å². The number of hydrogen-bond acceptors (Lipinski definition) is 5. The van der Waals surface area contributed by atoms with Gasteiger partial charge in [-0.2, -0.15) is 0 Å². The van der Waals surface area contributed by atoms with Crippen LogP contribution < -0.4 is 10.6 Å². The molecule has 7 nitrogen and oxygen atoms in total. The Bertz CT molecular complexity index is 604. The summed E-state index contributed by atoms with van der Waals surface area (Å²) in [6.07, 6.45) is 3.37. The number of aliphatic hydroxyl groups is 1. The van der Waals surface area contributed by atoms with Gasteiger partial charge in [-0.05, 0) is 38.3 Å². The molecule has 0 unspecified atom stereocenters. The summed E-state index contributed by atoms with van der Waals surface area (Å²) in [5.41, 5.74) is 1.35. The van der Waals surface area contributed by atoms with Crippen LogP contribution in [-0.2, 0) is 4.79 Å². The minimum atomic E-state index is -0.674. The molecule has 2 amide bonds. The first-order valence-electron chi connectivity index (χ1n) is 8.47. The summed E-state index contributed by atoms with van der Waals surface area (Å²) in [7, 11) is 0. The predicted molar refractivity (Wildman–Crippen MR) is 88.5 cm³/mol. The number of nitrogens with one attached hydrogen (secondary N) is 2. The van der Waals surface area contributed by atoms with Crippen LogP contribution in [0.1, 0.15) is 35.3 Å². The lowest BCUT2D eigenvalue weighted by Crippen LogP contribution is -2.60. The number of aryl methyl sites for hydroxylation is 1. The van der Waals surface area contributed by atoms with Gasteiger partial charge in [-0.15, -0.1) is 0 Å². The smallest absolute Gasteiger partial charge is 0.253 e. The minimum Gasteiger partial charge on any atom is -0.389 e. The molecule has 0 radical (unpaired) electrons. The second-order valence-corrected chi connectivity index (χ2v) is 6.58. The molecule has 3 N–H and O–H groups in total. The molecule has 0 bridgehead atoms. The average molecular weight is 332 g/mol. The number of carbonyl (C=O) groups is 2. The third kappa shape index (κ3) is 3.73. The zero-order valence-corrected chi connectivity index (χ0v) is 13.9. The molecule has 3 rings (SSSR count). The molecule has 1 saturated carbocycles. The number of hydrogen-bond donors (Lipinski definition) is 3. The van der Waals surface area contributed by atoms with E-state index < -0.39 is 6.10 Å². The van der Waals surface area contributed by atoms with Crippen molar-refractivity contribution in [2.45, 2.75) is 44.4 Å². The monoisotopic (exact) mass is 332 g/mol. The van der Waals surface area contributed by atoms with E-state index in [-0.39, 0.29) is 23.9 Å². The van der Waals surface area contributed by atoms with E-state index in [1.165, 1.54) is 0 Å². The summed E-state index contributed by atoms with van der Waals surface area (Å²) in [5.74, 6) is -0.228. The highest BCUT2D eigenvalue weighted by Crippen LogP contribution is 2.24. The fraction of sp³-hybridized carbons (Fsp3) is 0.588. The van der Waals surface area contributed by atoms with Crippen LogP contribution >= 0.6 is 0 Å². The van der Waals surface area contributed by atoms with Gasteiger partial charge in [-0.3, -0.25) is 19.5 Å². The Morgan fingerprint density at radius 2 is 2.25 bits per heavy atom. The SMILES string of the molecule is Cc1ccc(C(=O)N[C@@H]2CCC[C@@H](N3CCNC(=O)C3)[C@@H]2O)cn1. The van der Waals surface area contributed by atoms with Crippen molar-refractivity contribution in [3.63, 3.8) is 0 Å². The van der Waals surface area contributed by atoms with Gasteiger partial charge in [0.2, 0.25) is 5.91 Å². The highest BCUT2D eigenvalue weighted by atomic mass is 16.3. The van der Waals surface area contributed by atoms with E-state index in [1.807, 2.05) is 11.8 Å². The van der Waals surface area contributed by atoms with E-state index in [2.05, 4.69) is 15.6 Å². The maximum Gasteiger partial charge on any atom is 0.253 e. The van der Waals surface area contributed by atoms with Crippen LogP contribution in [0.4, 0.5) is 0 Å². The minimum absolute atomic E-state index is 0.00895. The lowest BCUT2D eigenvalue weighted by Gasteiger charge is -2.42. The van der Waals surface area contributed by atoms with Gasteiger partial charge >= 0.3 is 0 Å². The van der Waals surface area contributed by atoms with E-state index in [4.69, 9.17) is 0 Å². The number of aliphatic hydroxyl groups excluding tert-OH is 1. The Morgan fingerprint density at radius 3 is 2.96 bits per heavy atom. The number of nitrogens with zero attached hydrogens (tertiary/aromatic N) is 2. The van der Waals surface area contributed by atoms with Crippen molar-refractivity contribution in [2.24, 2.45) is 0 Å². The van der Waals surface area contributed by atoms with Crippen molar-refractivity contribution in [1.29, 1.82) is 0 Å². The zero-order chi connectivity index (χ0) is 17.1. The fourth-order valence-electron chi connectivity index (χ4n) is 3.51. The molecule has 2 fully saturated rings. The second-order valence-electron chi connectivity index (χ2n) is 6.58. The quantitative estimate of drug-likeness (QED) is 0.715. The Hall–Kier alpha value is -1.99. The number of carbonyl (C=O) groups excluding carboxylic acids is 2. The van der Waals surface area contributed by atoms with Crippen molar-refractivity contribution in [3.8, 4) is 0 Å². The Balaban J connectivity index is 1.64. The molecule has 0 aromatic carbocycles. The van der Waals surface area contributed by atoms with E-state index in [9.17, 15) is 14.7 Å². The molecule has 24 heavy (non-hydrogen) atoms. The Labute approximate surface area is 141 Å². The molecule has 0 spiro atoms. The molecule has 1 aliphatic heterocycles. The Morgan fingerprint density at radius 1 is 1.42 bits per heavy atom. The lowest BCUT2D eigenvalue weighted by molar-refractivity contribution is -0.126. The summed E-state index contributed by atoms with van der Waals surface area (Å²) in [4.78, 5) is 30.1. The third-order valence-electron chi connectivity index (χ3n) is 4.85. The van der Waals surface area contributed by atoms with Crippen LogP contribution in [0.3, 0.4) is 0 Å². The Kier molecular flexibility index (Phi) is 5.11. The molecule has 2 aliphatic rings. The van der Waals surface area contributed by atoms with Crippen LogP contribution in [0.5, 0.6) is 0 Å². The van der Waals surface area contributed by atoms with Crippen LogP contribution in [0.15, 0.2) is 18.3 Å². The van der Waals surface area contributed by atoms with Crippen LogP contribution in [0.2, 0.25) is 0 Å². The largest absolute Gasteiger partial charge is 0.389 e. The first-order valence-corrected chi connectivity index (χ1v) is 8.47. The van der Waals surface area contributed by atoms with Crippen molar-refractivity contribution in [2.75, 3.05) is 19.6 Å². The third-order valence-corrected chi connectivity index (χ3v) is 4.85. The van der Waals surface area contributed by atoms with E-state index in [1.54, 1.807) is 18.3 Å². The number of piperazine rings is 1. The van der Waals surface area contributed by atoms with Gasteiger partial charge in [-0.1, -0.05) is 0 Å². The van der Waals surface area contributed by atoms with Crippen LogP contribution in [0, 0.1) is 6.92 Å². The highest BCUT2D eigenvalue weighted by Gasteiger charge is 2.37.